The molecule has 1 amide bonds. The lowest BCUT2D eigenvalue weighted by Crippen LogP contribution is -2.39. The van der Waals surface area contributed by atoms with Crippen molar-refractivity contribution in [2.45, 2.75) is 32.9 Å². The molecule has 0 saturated heterocycles. The van der Waals surface area contributed by atoms with Crippen LogP contribution in [0.4, 0.5) is 8.78 Å². The van der Waals surface area contributed by atoms with Gasteiger partial charge in [0.05, 0.1) is 0 Å². The first kappa shape index (κ1) is 16.4. The molecule has 0 heterocycles. The van der Waals surface area contributed by atoms with E-state index < -0.39 is 6.61 Å². The lowest BCUT2D eigenvalue weighted by Gasteiger charge is -2.21. The van der Waals surface area contributed by atoms with E-state index in [-0.39, 0.29) is 35.8 Å². The van der Waals surface area contributed by atoms with Gasteiger partial charge in [-0.05, 0) is 30.5 Å². The highest BCUT2D eigenvalue weighted by molar-refractivity contribution is 5.94. The maximum atomic E-state index is 12.1. The molecule has 20 heavy (non-hydrogen) atoms. The van der Waals surface area contributed by atoms with Crippen LogP contribution in [-0.2, 0) is 0 Å². The van der Waals surface area contributed by atoms with Gasteiger partial charge in [-0.15, -0.1) is 0 Å². The van der Waals surface area contributed by atoms with Crippen LogP contribution in [0.25, 0.3) is 0 Å². The van der Waals surface area contributed by atoms with Crippen molar-refractivity contribution < 1.29 is 23.4 Å². The number of carbonyl (C=O) groups is 1. The quantitative estimate of drug-likeness (QED) is 0.809. The molecule has 1 aromatic carbocycles. The zero-order valence-electron chi connectivity index (χ0n) is 11.5. The number of alkyl halides is 2. The molecule has 1 atom stereocenters. The van der Waals surface area contributed by atoms with E-state index in [1.54, 1.807) is 0 Å². The summed E-state index contributed by atoms with van der Waals surface area (Å²) in [4.78, 5) is 12.0. The number of aliphatic hydroxyl groups excluding tert-OH is 1. The molecule has 0 saturated carbocycles. The van der Waals surface area contributed by atoms with E-state index in [0.29, 0.717) is 6.42 Å². The number of nitrogens with one attached hydrogen (secondary N) is 1. The summed E-state index contributed by atoms with van der Waals surface area (Å²) in [5, 5.41) is 11.7. The summed E-state index contributed by atoms with van der Waals surface area (Å²) in [6, 6.07) is 5.44. The second-order valence-corrected chi connectivity index (χ2v) is 4.74. The Hall–Kier alpha value is -1.69. The molecular formula is C14H19F2NO3. The average Bonchev–Trinajstić information content (AvgIpc) is 2.37. The first-order valence-corrected chi connectivity index (χ1v) is 6.40. The van der Waals surface area contributed by atoms with E-state index >= 15 is 0 Å². The minimum Gasteiger partial charge on any atom is -0.435 e. The third-order valence-electron chi connectivity index (χ3n) is 2.88. The number of benzene rings is 1. The van der Waals surface area contributed by atoms with Crippen LogP contribution in [0, 0.1) is 5.92 Å². The smallest absolute Gasteiger partial charge is 0.387 e. The summed E-state index contributed by atoms with van der Waals surface area (Å²) in [6.07, 6.45) is 0.441. The Labute approximate surface area is 116 Å². The van der Waals surface area contributed by atoms with Crippen molar-refractivity contribution in [1.29, 1.82) is 0 Å². The number of aliphatic hydroxyl groups is 1. The van der Waals surface area contributed by atoms with Gasteiger partial charge in [-0.1, -0.05) is 19.9 Å². The van der Waals surface area contributed by atoms with Gasteiger partial charge in [0.2, 0.25) is 0 Å². The first-order valence-electron chi connectivity index (χ1n) is 6.40. The number of amides is 1. The molecule has 0 radical (unpaired) electrons. The van der Waals surface area contributed by atoms with Crippen molar-refractivity contribution in [2.24, 2.45) is 5.92 Å². The Kier molecular flexibility index (Phi) is 6.38. The minimum absolute atomic E-state index is 0.0301. The lowest BCUT2D eigenvalue weighted by atomic mass is 10.0. The summed E-state index contributed by atoms with van der Waals surface area (Å²) in [5.41, 5.74) is 0.242. The van der Waals surface area contributed by atoms with Gasteiger partial charge in [0.25, 0.3) is 5.91 Å². The van der Waals surface area contributed by atoms with Crippen LogP contribution >= 0.6 is 0 Å². The lowest BCUT2D eigenvalue weighted by molar-refractivity contribution is -0.0498. The maximum Gasteiger partial charge on any atom is 0.387 e. The Balaban J connectivity index is 2.75. The average molecular weight is 287 g/mol. The third kappa shape index (κ3) is 5.13. The minimum atomic E-state index is -2.92. The van der Waals surface area contributed by atoms with Crippen LogP contribution in [-0.4, -0.2) is 30.3 Å². The van der Waals surface area contributed by atoms with Crippen molar-refractivity contribution in [3.05, 3.63) is 29.8 Å². The fourth-order valence-corrected chi connectivity index (χ4v) is 1.78. The molecule has 0 aliphatic carbocycles. The molecule has 2 N–H and O–H groups in total. The molecule has 6 heteroatoms. The van der Waals surface area contributed by atoms with Gasteiger partial charge < -0.3 is 15.2 Å². The molecule has 0 aliphatic heterocycles. The molecule has 1 rings (SSSR count). The van der Waals surface area contributed by atoms with Crippen LogP contribution in [0.2, 0.25) is 0 Å². The van der Waals surface area contributed by atoms with Crippen molar-refractivity contribution in [3.8, 4) is 5.75 Å². The Morgan fingerprint density at radius 3 is 2.65 bits per heavy atom. The fourth-order valence-electron chi connectivity index (χ4n) is 1.78. The monoisotopic (exact) mass is 287 g/mol. The molecule has 0 bridgehead atoms. The summed E-state index contributed by atoms with van der Waals surface area (Å²) in [6.45, 7) is 0.900. The van der Waals surface area contributed by atoms with Crippen molar-refractivity contribution in [1.82, 2.24) is 5.32 Å². The van der Waals surface area contributed by atoms with Crippen LogP contribution < -0.4 is 10.1 Å². The molecule has 112 valence electrons. The highest BCUT2D eigenvalue weighted by atomic mass is 19.3. The standard InChI is InChI=1S/C14H19F2NO3/c1-9(2)12(6-7-18)17-13(19)10-4-3-5-11(8-10)20-14(15)16/h3-5,8-9,12,14,18H,6-7H2,1-2H3,(H,17,19). The Morgan fingerprint density at radius 2 is 2.10 bits per heavy atom. The highest BCUT2D eigenvalue weighted by Crippen LogP contribution is 2.16. The molecule has 0 spiro atoms. The molecule has 1 unspecified atom stereocenters. The van der Waals surface area contributed by atoms with E-state index in [0.717, 1.165) is 0 Å². The summed E-state index contributed by atoms with van der Waals surface area (Å²) in [7, 11) is 0. The van der Waals surface area contributed by atoms with Gasteiger partial charge in [-0.2, -0.15) is 8.78 Å². The van der Waals surface area contributed by atoms with Crippen LogP contribution in [0.3, 0.4) is 0 Å². The second kappa shape index (κ2) is 7.79. The Bertz CT molecular complexity index is 438. The normalized spacial score (nSPS) is 12.6. The second-order valence-electron chi connectivity index (χ2n) is 4.74. The van der Waals surface area contributed by atoms with Gasteiger partial charge >= 0.3 is 6.61 Å². The maximum absolute atomic E-state index is 12.1. The third-order valence-corrected chi connectivity index (χ3v) is 2.88. The number of hydrogen-bond acceptors (Lipinski definition) is 3. The largest absolute Gasteiger partial charge is 0.435 e. The van der Waals surface area contributed by atoms with Crippen LogP contribution in [0.15, 0.2) is 24.3 Å². The summed E-state index contributed by atoms with van der Waals surface area (Å²) in [5.74, 6) is -0.278. The molecule has 0 aromatic heterocycles. The van der Waals surface area contributed by atoms with E-state index in [9.17, 15) is 13.6 Å². The predicted molar refractivity (Wildman–Crippen MR) is 70.9 cm³/mol. The van der Waals surface area contributed by atoms with Crippen molar-refractivity contribution in [2.75, 3.05) is 6.61 Å². The van der Waals surface area contributed by atoms with Crippen molar-refractivity contribution in [3.63, 3.8) is 0 Å². The van der Waals surface area contributed by atoms with Crippen molar-refractivity contribution >= 4 is 5.91 Å². The molecule has 1 aromatic rings. The molecule has 0 fully saturated rings. The summed E-state index contributed by atoms with van der Waals surface area (Å²) >= 11 is 0. The summed E-state index contributed by atoms with van der Waals surface area (Å²) < 4.78 is 28.5. The van der Waals surface area contributed by atoms with E-state index in [1.807, 2.05) is 13.8 Å². The van der Waals surface area contributed by atoms with Crippen LogP contribution in [0.1, 0.15) is 30.6 Å². The fraction of sp³-hybridized carbons (Fsp3) is 0.500. The molecule has 4 nitrogen and oxygen atoms in total. The number of hydrogen-bond donors (Lipinski definition) is 2. The number of halogens is 2. The van der Waals surface area contributed by atoms with E-state index in [1.165, 1.54) is 24.3 Å². The first-order chi connectivity index (χ1) is 9.43. The molecular weight excluding hydrogens is 268 g/mol. The van der Waals surface area contributed by atoms with Gasteiger partial charge in [0, 0.05) is 18.2 Å². The van der Waals surface area contributed by atoms with Gasteiger partial charge in [0.15, 0.2) is 0 Å². The van der Waals surface area contributed by atoms with Gasteiger partial charge in [-0.3, -0.25) is 4.79 Å². The molecule has 0 aliphatic rings. The van der Waals surface area contributed by atoms with E-state index in [4.69, 9.17) is 5.11 Å². The van der Waals surface area contributed by atoms with E-state index in [2.05, 4.69) is 10.1 Å². The highest BCUT2D eigenvalue weighted by Gasteiger charge is 2.17. The number of rotatable bonds is 7. The number of ether oxygens (including phenoxy) is 1. The predicted octanol–water partition coefficient (Wildman–Crippen LogP) is 2.42. The zero-order valence-corrected chi connectivity index (χ0v) is 11.5. The van der Waals surface area contributed by atoms with Gasteiger partial charge in [0.1, 0.15) is 5.75 Å². The van der Waals surface area contributed by atoms with Crippen LogP contribution in [0.5, 0.6) is 5.75 Å². The van der Waals surface area contributed by atoms with Gasteiger partial charge in [-0.25, -0.2) is 0 Å². The Morgan fingerprint density at radius 1 is 1.40 bits per heavy atom. The SMILES string of the molecule is CC(C)C(CCO)NC(=O)c1cccc(OC(F)F)c1. The zero-order chi connectivity index (χ0) is 15.1. The topological polar surface area (TPSA) is 58.6 Å². The number of carbonyl (C=O) groups excluding carboxylic acids is 1.